The first-order valence-electron chi connectivity index (χ1n) is 6.13. The molecule has 0 radical (unpaired) electrons. The molecular formula is C15H18BrNS. The van der Waals surface area contributed by atoms with Crippen LogP contribution >= 0.6 is 27.3 Å². The van der Waals surface area contributed by atoms with E-state index in [0.717, 1.165) is 0 Å². The van der Waals surface area contributed by atoms with Crippen LogP contribution in [0.1, 0.15) is 41.9 Å². The minimum Gasteiger partial charge on any atom is -0.303 e. The summed E-state index contributed by atoms with van der Waals surface area (Å²) < 4.78 is 1.20. The zero-order valence-electron chi connectivity index (χ0n) is 10.9. The van der Waals surface area contributed by atoms with Crippen LogP contribution in [0.2, 0.25) is 0 Å². The summed E-state index contributed by atoms with van der Waals surface area (Å²) in [5, 5.41) is 5.77. The van der Waals surface area contributed by atoms with Crippen molar-refractivity contribution in [1.29, 1.82) is 0 Å². The molecule has 1 nitrogen and oxygen atoms in total. The van der Waals surface area contributed by atoms with E-state index in [1.54, 1.807) is 11.3 Å². The van der Waals surface area contributed by atoms with Gasteiger partial charge in [-0.2, -0.15) is 0 Å². The van der Waals surface area contributed by atoms with E-state index in [9.17, 15) is 0 Å². The molecule has 0 bridgehead atoms. The Balaban J connectivity index is 2.08. The van der Waals surface area contributed by atoms with Crippen LogP contribution in [0.4, 0.5) is 0 Å². The average Bonchev–Trinajstić information content (AvgIpc) is 2.75. The van der Waals surface area contributed by atoms with Gasteiger partial charge in [0.05, 0.1) is 0 Å². The molecule has 2 atom stereocenters. The Morgan fingerprint density at radius 1 is 1.17 bits per heavy atom. The van der Waals surface area contributed by atoms with Gasteiger partial charge in [0.1, 0.15) is 0 Å². The molecule has 1 unspecified atom stereocenters. The molecule has 0 saturated carbocycles. The molecule has 1 aromatic carbocycles. The molecule has 3 heteroatoms. The van der Waals surface area contributed by atoms with Crippen LogP contribution in [0.15, 0.2) is 40.2 Å². The van der Waals surface area contributed by atoms with Gasteiger partial charge in [-0.3, -0.25) is 0 Å². The van der Waals surface area contributed by atoms with Crippen LogP contribution in [-0.4, -0.2) is 0 Å². The molecule has 0 aliphatic heterocycles. The van der Waals surface area contributed by atoms with Crippen molar-refractivity contribution in [3.05, 3.63) is 56.2 Å². The van der Waals surface area contributed by atoms with E-state index < -0.39 is 0 Å². The van der Waals surface area contributed by atoms with E-state index in [4.69, 9.17) is 0 Å². The van der Waals surface area contributed by atoms with Gasteiger partial charge in [0.25, 0.3) is 0 Å². The highest BCUT2D eigenvalue weighted by Gasteiger charge is 2.14. The van der Waals surface area contributed by atoms with E-state index in [0.29, 0.717) is 12.1 Å². The predicted molar refractivity (Wildman–Crippen MR) is 83.2 cm³/mol. The normalized spacial score (nSPS) is 14.4. The number of aryl methyl sites for hydroxylation is 1. The number of thiophene rings is 1. The standard InChI is InChI=1S/C15H18BrNS/c1-10-5-4-6-13(9-10)11(2)17-12(3)15-14(16)7-8-18-15/h4-9,11-12,17H,1-3H3/t11-,12?/m0/s1. The molecule has 1 N–H and O–H groups in total. The molecule has 2 rings (SSSR count). The number of rotatable bonds is 4. The van der Waals surface area contributed by atoms with E-state index >= 15 is 0 Å². The van der Waals surface area contributed by atoms with Gasteiger partial charge in [0, 0.05) is 21.4 Å². The lowest BCUT2D eigenvalue weighted by molar-refractivity contribution is 0.499. The minimum absolute atomic E-state index is 0.355. The second-order valence-electron chi connectivity index (χ2n) is 4.66. The SMILES string of the molecule is Cc1cccc([C@H](C)NC(C)c2sccc2Br)c1. The number of nitrogens with one attached hydrogen (secondary N) is 1. The molecule has 96 valence electrons. The Morgan fingerprint density at radius 2 is 1.94 bits per heavy atom. The first-order chi connectivity index (χ1) is 8.58. The summed E-state index contributed by atoms with van der Waals surface area (Å²) in [5.74, 6) is 0. The summed E-state index contributed by atoms with van der Waals surface area (Å²) in [6, 6.07) is 11.5. The molecule has 1 aromatic heterocycles. The minimum atomic E-state index is 0.355. The maximum absolute atomic E-state index is 3.65. The van der Waals surface area contributed by atoms with Crippen molar-refractivity contribution < 1.29 is 0 Å². The van der Waals surface area contributed by atoms with Crippen LogP contribution in [0.3, 0.4) is 0 Å². The summed E-state index contributed by atoms with van der Waals surface area (Å²) in [4.78, 5) is 1.36. The molecule has 1 heterocycles. The number of hydrogen-bond acceptors (Lipinski definition) is 2. The monoisotopic (exact) mass is 323 g/mol. The van der Waals surface area contributed by atoms with E-state index in [1.165, 1.54) is 20.5 Å². The van der Waals surface area contributed by atoms with Crippen LogP contribution in [0, 0.1) is 6.92 Å². The molecule has 0 saturated heterocycles. The summed E-state index contributed by atoms with van der Waals surface area (Å²) in [6.07, 6.45) is 0. The Kier molecular flexibility index (Phi) is 4.60. The Bertz CT molecular complexity index is 521. The van der Waals surface area contributed by atoms with Crippen molar-refractivity contribution in [3.63, 3.8) is 0 Å². The third-order valence-electron chi connectivity index (χ3n) is 3.08. The highest BCUT2D eigenvalue weighted by atomic mass is 79.9. The number of halogens is 1. The zero-order valence-corrected chi connectivity index (χ0v) is 13.3. The predicted octanol–water partition coefficient (Wildman–Crippen LogP) is 5.23. The summed E-state index contributed by atoms with van der Waals surface area (Å²) in [7, 11) is 0. The van der Waals surface area contributed by atoms with Gasteiger partial charge in [-0.05, 0) is 53.7 Å². The molecule has 18 heavy (non-hydrogen) atoms. The maximum atomic E-state index is 3.65. The molecule has 2 aromatic rings. The van der Waals surface area contributed by atoms with Gasteiger partial charge in [-0.1, -0.05) is 29.8 Å². The molecule has 0 amide bonds. The Hall–Kier alpha value is -0.640. The second-order valence-corrected chi connectivity index (χ2v) is 6.46. The lowest BCUT2D eigenvalue weighted by atomic mass is 10.0. The van der Waals surface area contributed by atoms with Gasteiger partial charge >= 0.3 is 0 Å². The van der Waals surface area contributed by atoms with Crippen LogP contribution < -0.4 is 5.32 Å². The number of benzene rings is 1. The lowest BCUT2D eigenvalue weighted by Gasteiger charge is -2.20. The molecular weight excluding hydrogens is 306 g/mol. The third-order valence-corrected chi connectivity index (χ3v) is 5.13. The van der Waals surface area contributed by atoms with Crippen molar-refractivity contribution in [2.24, 2.45) is 0 Å². The van der Waals surface area contributed by atoms with Gasteiger partial charge in [0.15, 0.2) is 0 Å². The second kappa shape index (κ2) is 6.00. The lowest BCUT2D eigenvalue weighted by Crippen LogP contribution is -2.22. The Morgan fingerprint density at radius 3 is 2.56 bits per heavy atom. The zero-order chi connectivity index (χ0) is 13.1. The van der Waals surface area contributed by atoms with Crippen molar-refractivity contribution in [3.8, 4) is 0 Å². The van der Waals surface area contributed by atoms with Crippen molar-refractivity contribution in [2.75, 3.05) is 0 Å². The summed E-state index contributed by atoms with van der Waals surface area (Å²) in [6.45, 7) is 6.56. The van der Waals surface area contributed by atoms with E-state index in [-0.39, 0.29) is 0 Å². The number of hydrogen-bond donors (Lipinski definition) is 1. The molecule has 0 spiro atoms. The smallest absolute Gasteiger partial charge is 0.0402 e. The maximum Gasteiger partial charge on any atom is 0.0402 e. The fourth-order valence-electron chi connectivity index (χ4n) is 2.10. The van der Waals surface area contributed by atoms with Crippen molar-refractivity contribution >= 4 is 27.3 Å². The fraction of sp³-hybridized carbons (Fsp3) is 0.333. The van der Waals surface area contributed by atoms with E-state index in [2.05, 4.69) is 77.7 Å². The molecule has 0 aliphatic carbocycles. The van der Waals surface area contributed by atoms with Crippen LogP contribution in [-0.2, 0) is 0 Å². The van der Waals surface area contributed by atoms with Crippen LogP contribution in [0.25, 0.3) is 0 Å². The van der Waals surface area contributed by atoms with Crippen molar-refractivity contribution in [2.45, 2.75) is 32.9 Å². The summed E-state index contributed by atoms with van der Waals surface area (Å²) >= 11 is 5.38. The van der Waals surface area contributed by atoms with Gasteiger partial charge in [0.2, 0.25) is 0 Å². The largest absolute Gasteiger partial charge is 0.303 e. The van der Waals surface area contributed by atoms with Crippen LogP contribution in [0.5, 0.6) is 0 Å². The molecule has 0 fully saturated rings. The quantitative estimate of drug-likeness (QED) is 0.812. The first kappa shape index (κ1) is 13.8. The Labute approximate surface area is 121 Å². The van der Waals surface area contributed by atoms with Crippen molar-refractivity contribution in [1.82, 2.24) is 5.32 Å². The highest BCUT2D eigenvalue weighted by Crippen LogP contribution is 2.30. The summed E-state index contributed by atoms with van der Waals surface area (Å²) in [5.41, 5.74) is 2.65. The van der Waals surface area contributed by atoms with Gasteiger partial charge in [-0.25, -0.2) is 0 Å². The van der Waals surface area contributed by atoms with Gasteiger partial charge < -0.3 is 5.32 Å². The van der Waals surface area contributed by atoms with E-state index in [1.807, 2.05) is 0 Å². The first-order valence-corrected chi connectivity index (χ1v) is 7.80. The molecule has 0 aliphatic rings. The highest BCUT2D eigenvalue weighted by molar-refractivity contribution is 9.10. The topological polar surface area (TPSA) is 12.0 Å². The fourth-order valence-corrected chi connectivity index (χ4v) is 3.84. The van der Waals surface area contributed by atoms with Gasteiger partial charge in [-0.15, -0.1) is 11.3 Å². The third kappa shape index (κ3) is 3.22. The average molecular weight is 324 g/mol.